The molecule has 1 N–H and O–H groups in total. The van der Waals surface area contributed by atoms with Crippen LogP contribution in [-0.2, 0) is 11.3 Å². The molecule has 2 aliphatic rings. The van der Waals surface area contributed by atoms with E-state index in [2.05, 4.69) is 5.32 Å². The first-order chi connectivity index (χ1) is 10.6. The molecule has 2 heterocycles. The van der Waals surface area contributed by atoms with Gasteiger partial charge in [0.2, 0.25) is 5.91 Å². The van der Waals surface area contributed by atoms with E-state index in [4.69, 9.17) is 4.42 Å². The first kappa shape index (κ1) is 14.9. The summed E-state index contributed by atoms with van der Waals surface area (Å²) in [7, 11) is 0. The molecule has 1 atom stereocenters. The van der Waals surface area contributed by atoms with Gasteiger partial charge in [-0.15, -0.1) is 0 Å². The molecule has 0 aromatic carbocycles. The Balaban J connectivity index is 1.55. The molecule has 1 aromatic rings. The normalized spacial score (nSPS) is 21.0. The average molecular weight is 305 g/mol. The highest BCUT2D eigenvalue weighted by atomic mass is 16.3. The Hall–Kier alpha value is -1.98. The quantitative estimate of drug-likeness (QED) is 0.904. The summed E-state index contributed by atoms with van der Waals surface area (Å²) in [6.45, 7) is 3.52. The number of carbonyl (C=O) groups excluding carboxylic acids is 2. The molecule has 0 radical (unpaired) electrons. The Morgan fingerprint density at radius 1 is 1.41 bits per heavy atom. The van der Waals surface area contributed by atoms with Gasteiger partial charge in [0.15, 0.2) is 0 Å². The van der Waals surface area contributed by atoms with E-state index in [1.165, 1.54) is 0 Å². The maximum Gasteiger partial charge on any atom is 0.317 e. The maximum absolute atomic E-state index is 12.4. The molecule has 1 aliphatic heterocycles. The second-order valence-electron chi connectivity index (χ2n) is 6.18. The second-order valence-corrected chi connectivity index (χ2v) is 6.18. The summed E-state index contributed by atoms with van der Waals surface area (Å²) in [6, 6.07) is 2.32. The summed E-state index contributed by atoms with van der Waals surface area (Å²) in [4.78, 5) is 27.9. The number of furan rings is 1. The van der Waals surface area contributed by atoms with Gasteiger partial charge >= 0.3 is 6.03 Å². The molecule has 6 heteroatoms. The Bertz CT molecular complexity index is 525. The summed E-state index contributed by atoms with van der Waals surface area (Å²) in [6.07, 6.45) is 7.39. The lowest BCUT2D eigenvalue weighted by Crippen LogP contribution is -2.48. The van der Waals surface area contributed by atoms with Crippen LogP contribution in [0, 0.1) is 0 Å². The van der Waals surface area contributed by atoms with Crippen LogP contribution in [0.4, 0.5) is 4.79 Å². The number of amides is 3. The van der Waals surface area contributed by atoms with Crippen LogP contribution in [0.3, 0.4) is 0 Å². The zero-order valence-electron chi connectivity index (χ0n) is 13.0. The van der Waals surface area contributed by atoms with Crippen molar-refractivity contribution in [2.24, 2.45) is 0 Å². The fourth-order valence-electron chi connectivity index (χ4n) is 3.11. The van der Waals surface area contributed by atoms with Crippen molar-refractivity contribution in [3.05, 3.63) is 24.2 Å². The summed E-state index contributed by atoms with van der Waals surface area (Å²) in [5.41, 5.74) is 0.951. The second kappa shape index (κ2) is 6.42. The molecule has 0 bridgehead atoms. The lowest BCUT2D eigenvalue weighted by Gasteiger charge is -2.30. The van der Waals surface area contributed by atoms with Crippen LogP contribution in [-0.4, -0.2) is 46.9 Å². The summed E-state index contributed by atoms with van der Waals surface area (Å²) in [5, 5.41) is 2.93. The van der Waals surface area contributed by atoms with Crippen molar-refractivity contribution in [3.63, 3.8) is 0 Å². The molecule has 3 rings (SSSR count). The Morgan fingerprint density at radius 3 is 2.86 bits per heavy atom. The molecule has 120 valence electrons. The van der Waals surface area contributed by atoms with Gasteiger partial charge in [0.05, 0.1) is 18.6 Å². The molecule has 6 nitrogen and oxygen atoms in total. The topological polar surface area (TPSA) is 65.8 Å². The van der Waals surface area contributed by atoms with Gasteiger partial charge in [-0.25, -0.2) is 4.79 Å². The number of nitrogens with zero attached hydrogens (tertiary/aromatic N) is 2. The molecule has 1 aromatic heterocycles. The predicted molar refractivity (Wildman–Crippen MR) is 81.1 cm³/mol. The van der Waals surface area contributed by atoms with Crippen molar-refractivity contribution in [1.29, 1.82) is 0 Å². The van der Waals surface area contributed by atoms with Crippen LogP contribution in [0.25, 0.3) is 0 Å². The van der Waals surface area contributed by atoms with Gasteiger partial charge in [0, 0.05) is 38.2 Å². The van der Waals surface area contributed by atoms with Crippen LogP contribution in [0.5, 0.6) is 0 Å². The predicted octanol–water partition coefficient (Wildman–Crippen LogP) is 1.96. The minimum absolute atomic E-state index is 0.0528. The minimum Gasteiger partial charge on any atom is -0.472 e. The largest absolute Gasteiger partial charge is 0.472 e. The van der Waals surface area contributed by atoms with E-state index in [9.17, 15) is 9.59 Å². The molecule has 1 aliphatic carbocycles. The van der Waals surface area contributed by atoms with Gasteiger partial charge in [-0.1, -0.05) is 0 Å². The monoisotopic (exact) mass is 305 g/mol. The number of urea groups is 1. The molecular weight excluding hydrogens is 282 g/mol. The van der Waals surface area contributed by atoms with E-state index in [1.807, 2.05) is 15.9 Å². The molecule has 22 heavy (non-hydrogen) atoms. The number of likely N-dealkylation sites (tertiary alicyclic amines) is 1. The van der Waals surface area contributed by atoms with E-state index in [-0.39, 0.29) is 18.0 Å². The van der Waals surface area contributed by atoms with Crippen LogP contribution in [0.2, 0.25) is 0 Å². The van der Waals surface area contributed by atoms with Gasteiger partial charge in [-0.2, -0.15) is 0 Å². The van der Waals surface area contributed by atoms with E-state index in [0.29, 0.717) is 19.1 Å². The highest BCUT2D eigenvalue weighted by molar-refractivity contribution is 5.76. The molecule has 0 spiro atoms. The van der Waals surface area contributed by atoms with Gasteiger partial charge in [-0.05, 0) is 31.7 Å². The lowest BCUT2D eigenvalue weighted by molar-refractivity contribution is -0.130. The Kier molecular flexibility index (Phi) is 4.36. The summed E-state index contributed by atoms with van der Waals surface area (Å²) in [5.74, 6) is 0.119. The van der Waals surface area contributed by atoms with Crippen LogP contribution in [0.15, 0.2) is 23.0 Å². The first-order valence-corrected chi connectivity index (χ1v) is 7.98. The molecule has 1 saturated carbocycles. The third-order valence-electron chi connectivity index (χ3n) is 4.46. The Morgan fingerprint density at radius 2 is 2.23 bits per heavy atom. The van der Waals surface area contributed by atoms with Crippen molar-refractivity contribution in [2.75, 3.05) is 13.1 Å². The number of carbonyl (C=O) groups is 2. The van der Waals surface area contributed by atoms with Crippen LogP contribution in [0.1, 0.15) is 38.2 Å². The fourth-order valence-corrected chi connectivity index (χ4v) is 3.11. The zero-order valence-corrected chi connectivity index (χ0v) is 13.0. The minimum atomic E-state index is -0.0528. The van der Waals surface area contributed by atoms with Crippen molar-refractivity contribution in [2.45, 2.75) is 51.2 Å². The first-order valence-electron chi connectivity index (χ1n) is 7.98. The van der Waals surface area contributed by atoms with E-state index in [1.54, 1.807) is 19.5 Å². The zero-order chi connectivity index (χ0) is 15.5. The van der Waals surface area contributed by atoms with E-state index >= 15 is 0 Å². The van der Waals surface area contributed by atoms with Crippen LogP contribution >= 0.6 is 0 Å². The molecular formula is C16H23N3O3. The third kappa shape index (κ3) is 3.43. The SMILES string of the molecule is CC(=O)N(C[C@H]1CCCN1C(=O)NCc1ccoc1)C1CC1. The van der Waals surface area contributed by atoms with Gasteiger partial charge < -0.3 is 19.5 Å². The molecule has 3 amide bonds. The third-order valence-corrected chi connectivity index (χ3v) is 4.46. The van der Waals surface area contributed by atoms with Crippen molar-refractivity contribution in [3.8, 4) is 0 Å². The van der Waals surface area contributed by atoms with Gasteiger partial charge in [-0.3, -0.25) is 4.79 Å². The summed E-state index contributed by atoms with van der Waals surface area (Å²) < 4.78 is 5.00. The van der Waals surface area contributed by atoms with E-state index < -0.39 is 0 Å². The molecule has 0 unspecified atom stereocenters. The highest BCUT2D eigenvalue weighted by Gasteiger charge is 2.36. The van der Waals surface area contributed by atoms with Gasteiger partial charge in [0.25, 0.3) is 0 Å². The number of nitrogens with one attached hydrogen (secondary N) is 1. The highest BCUT2D eigenvalue weighted by Crippen LogP contribution is 2.29. The number of hydrogen-bond acceptors (Lipinski definition) is 3. The smallest absolute Gasteiger partial charge is 0.317 e. The standard InChI is InChI=1S/C16H23N3O3/c1-12(20)19(14-4-5-14)10-15-3-2-7-18(15)16(21)17-9-13-6-8-22-11-13/h6,8,11,14-15H,2-5,7,9-10H2,1H3,(H,17,21)/t15-/m1/s1. The molecule has 1 saturated heterocycles. The number of hydrogen-bond donors (Lipinski definition) is 1. The van der Waals surface area contributed by atoms with Gasteiger partial charge in [0.1, 0.15) is 0 Å². The molecule has 2 fully saturated rings. The summed E-state index contributed by atoms with van der Waals surface area (Å²) >= 11 is 0. The van der Waals surface area contributed by atoms with Crippen molar-refractivity contribution < 1.29 is 14.0 Å². The lowest BCUT2D eigenvalue weighted by atomic mass is 10.2. The average Bonchev–Trinajstić information content (AvgIpc) is 3.02. The maximum atomic E-state index is 12.4. The van der Waals surface area contributed by atoms with Crippen molar-refractivity contribution in [1.82, 2.24) is 15.1 Å². The van der Waals surface area contributed by atoms with Crippen LogP contribution < -0.4 is 5.32 Å². The Labute approximate surface area is 130 Å². The fraction of sp³-hybridized carbons (Fsp3) is 0.625. The van der Waals surface area contributed by atoms with Crippen molar-refractivity contribution >= 4 is 11.9 Å². The number of rotatable bonds is 5. The van der Waals surface area contributed by atoms with E-state index in [0.717, 1.165) is 37.8 Å².